The standard InChI is InChI=1S/C26H27N3O7S/c1-17-11-18(2)13-21(12-17)29(37(33,34)22-9-10-23(35-3)24(14-22)36-4)16-25(30)28-27-15-19-5-7-20(8-6-19)26(31)32/h5-15H,16H2,1-4H3,(H,28,30)(H,31,32)/b27-15-. The van der Waals surface area contributed by atoms with Crippen LogP contribution < -0.4 is 19.2 Å². The van der Waals surface area contributed by atoms with E-state index in [2.05, 4.69) is 10.5 Å². The lowest BCUT2D eigenvalue weighted by atomic mass is 10.1. The fourth-order valence-corrected chi connectivity index (χ4v) is 4.99. The number of rotatable bonds is 10. The van der Waals surface area contributed by atoms with Crippen LogP contribution >= 0.6 is 0 Å². The number of hydrazone groups is 1. The predicted molar refractivity (Wildman–Crippen MR) is 139 cm³/mol. The minimum atomic E-state index is -4.20. The third-order valence-corrected chi connectivity index (χ3v) is 7.06. The molecule has 2 N–H and O–H groups in total. The van der Waals surface area contributed by atoms with Gasteiger partial charge in [-0.3, -0.25) is 9.10 Å². The highest BCUT2D eigenvalue weighted by Gasteiger charge is 2.28. The van der Waals surface area contributed by atoms with E-state index in [1.165, 1.54) is 62.9 Å². The molecule has 11 heteroatoms. The molecule has 0 aliphatic rings. The summed E-state index contributed by atoms with van der Waals surface area (Å²) in [7, 11) is -1.36. The van der Waals surface area contributed by atoms with Crippen molar-refractivity contribution in [3.63, 3.8) is 0 Å². The van der Waals surface area contributed by atoms with Crippen LogP contribution in [0.3, 0.4) is 0 Å². The zero-order valence-corrected chi connectivity index (χ0v) is 21.6. The van der Waals surface area contributed by atoms with E-state index in [4.69, 9.17) is 14.6 Å². The van der Waals surface area contributed by atoms with Gasteiger partial charge in [-0.2, -0.15) is 5.10 Å². The lowest BCUT2D eigenvalue weighted by molar-refractivity contribution is -0.119. The molecule has 0 radical (unpaired) electrons. The molecule has 3 aromatic carbocycles. The molecule has 0 atom stereocenters. The van der Waals surface area contributed by atoms with E-state index >= 15 is 0 Å². The number of nitrogens with zero attached hydrogens (tertiary/aromatic N) is 2. The minimum absolute atomic E-state index is 0.0841. The van der Waals surface area contributed by atoms with E-state index in [1.807, 2.05) is 19.9 Å². The second kappa shape index (κ2) is 11.6. The van der Waals surface area contributed by atoms with Gasteiger partial charge in [0.2, 0.25) is 0 Å². The number of carboxylic acids is 1. The molecule has 37 heavy (non-hydrogen) atoms. The third kappa shape index (κ3) is 6.64. The van der Waals surface area contributed by atoms with Crippen molar-refractivity contribution in [2.24, 2.45) is 5.10 Å². The first-order valence-electron chi connectivity index (χ1n) is 11.0. The molecule has 194 valence electrons. The van der Waals surface area contributed by atoms with Gasteiger partial charge in [-0.05, 0) is 66.9 Å². The minimum Gasteiger partial charge on any atom is -0.493 e. The van der Waals surface area contributed by atoms with Crippen molar-refractivity contribution in [1.82, 2.24) is 5.43 Å². The molecule has 0 saturated carbocycles. The lowest BCUT2D eigenvalue weighted by Crippen LogP contribution is -2.39. The van der Waals surface area contributed by atoms with Gasteiger partial charge in [-0.15, -0.1) is 0 Å². The first kappa shape index (κ1) is 27.2. The van der Waals surface area contributed by atoms with Crippen LogP contribution in [-0.2, 0) is 14.8 Å². The van der Waals surface area contributed by atoms with Gasteiger partial charge in [-0.25, -0.2) is 18.6 Å². The summed E-state index contributed by atoms with van der Waals surface area (Å²) in [5.41, 5.74) is 4.96. The Morgan fingerprint density at radius 3 is 2.14 bits per heavy atom. The number of anilines is 1. The van der Waals surface area contributed by atoms with Crippen LogP contribution in [0.5, 0.6) is 11.5 Å². The summed E-state index contributed by atoms with van der Waals surface area (Å²) in [5.74, 6) is -1.14. The lowest BCUT2D eigenvalue weighted by Gasteiger charge is -2.25. The van der Waals surface area contributed by atoms with E-state index in [9.17, 15) is 18.0 Å². The largest absolute Gasteiger partial charge is 0.493 e. The van der Waals surface area contributed by atoms with Gasteiger partial charge in [-0.1, -0.05) is 18.2 Å². The maximum Gasteiger partial charge on any atom is 0.335 e. The molecule has 0 heterocycles. The number of ether oxygens (including phenoxy) is 2. The second-order valence-corrected chi connectivity index (χ2v) is 9.96. The first-order chi connectivity index (χ1) is 17.5. The number of methoxy groups -OCH3 is 2. The van der Waals surface area contributed by atoms with Crippen molar-refractivity contribution < 1.29 is 32.6 Å². The predicted octanol–water partition coefficient (Wildman–Crippen LogP) is 3.36. The summed E-state index contributed by atoms with van der Waals surface area (Å²) in [6.07, 6.45) is 1.33. The Labute approximate surface area is 215 Å². The number of carbonyl (C=O) groups excluding carboxylic acids is 1. The highest BCUT2D eigenvalue weighted by molar-refractivity contribution is 7.92. The number of hydrogen-bond donors (Lipinski definition) is 2. The topological polar surface area (TPSA) is 135 Å². The molecule has 0 aromatic heterocycles. The molecule has 3 aromatic rings. The van der Waals surface area contributed by atoms with Crippen molar-refractivity contribution >= 4 is 33.8 Å². The number of sulfonamides is 1. The summed E-state index contributed by atoms with van der Waals surface area (Å²) in [6, 6.07) is 15.3. The SMILES string of the molecule is COc1ccc(S(=O)(=O)N(CC(=O)N/N=C\c2ccc(C(=O)O)cc2)c2cc(C)cc(C)c2)cc1OC. The zero-order chi connectivity index (χ0) is 27.2. The van der Waals surface area contributed by atoms with Crippen LogP contribution in [0.15, 0.2) is 70.7 Å². The van der Waals surface area contributed by atoms with Crippen LogP contribution in [0.1, 0.15) is 27.0 Å². The van der Waals surface area contributed by atoms with Crippen LogP contribution in [-0.4, -0.2) is 52.4 Å². The Kier molecular flexibility index (Phi) is 8.51. The first-order valence-corrected chi connectivity index (χ1v) is 12.5. The normalized spacial score (nSPS) is 11.2. The van der Waals surface area contributed by atoms with Gasteiger partial charge in [0.25, 0.3) is 15.9 Å². The maximum atomic E-state index is 13.7. The quantitative estimate of drug-likeness (QED) is 0.306. The van der Waals surface area contributed by atoms with Gasteiger partial charge in [0.05, 0.1) is 36.6 Å². The van der Waals surface area contributed by atoms with Crippen molar-refractivity contribution in [1.29, 1.82) is 0 Å². The molecular weight excluding hydrogens is 498 g/mol. The zero-order valence-electron chi connectivity index (χ0n) is 20.8. The van der Waals surface area contributed by atoms with Crippen molar-refractivity contribution in [3.8, 4) is 11.5 Å². The Morgan fingerprint density at radius 2 is 1.57 bits per heavy atom. The summed E-state index contributed by atoms with van der Waals surface area (Å²) in [5, 5.41) is 12.9. The molecule has 0 spiro atoms. The highest BCUT2D eigenvalue weighted by Crippen LogP contribution is 2.32. The summed E-state index contributed by atoms with van der Waals surface area (Å²) in [4.78, 5) is 23.7. The number of aryl methyl sites for hydroxylation is 2. The molecule has 0 aliphatic heterocycles. The van der Waals surface area contributed by atoms with E-state index in [1.54, 1.807) is 12.1 Å². The molecule has 0 fully saturated rings. The van der Waals surface area contributed by atoms with Crippen molar-refractivity contribution in [2.45, 2.75) is 18.7 Å². The summed E-state index contributed by atoms with van der Waals surface area (Å²) in [6.45, 7) is 3.12. The van der Waals surface area contributed by atoms with Crippen molar-refractivity contribution in [2.75, 3.05) is 25.1 Å². The number of hydrogen-bond acceptors (Lipinski definition) is 7. The molecular formula is C26H27N3O7S. The third-order valence-electron chi connectivity index (χ3n) is 5.29. The molecule has 0 saturated heterocycles. The van der Waals surface area contributed by atoms with Gasteiger partial charge in [0.1, 0.15) is 6.54 Å². The Balaban J connectivity index is 1.90. The number of nitrogens with one attached hydrogen (secondary N) is 1. The Bertz CT molecular complexity index is 1410. The average Bonchev–Trinajstić information content (AvgIpc) is 2.86. The monoisotopic (exact) mass is 525 g/mol. The van der Waals surface area contributed by atoms with Gasteiger partial charge in [0, 0.05) is 6.07 Å². The number of carbonyl (C=O) groups is 2. The van der Waals surface area contributed by atoms with Crippen LogP contribution in [0.25, 0.3) is 0 Å². The van der Waals surface area contributed by atoms with Crippen molar-refractivity contribution in [3.05, 3.63) is 82.9 Å². The van der Waals surface area contributed by atoms with Gasteiger partial charge < -0.3 is 14.6 Å². The number of benzene rings is 3. The molecule has 0 unspecified atom stereocenters. The highest BCUT2D eigenvalue weighted by atomic mass is 32.2. The maximum absolute atomic E-state index is 13.7. The molecule has 0 aliphatic carbocycles. The molecule has 10 nitrogen and oxygen atoms in total. The van der Waals surface area contributed by atoms with Gasteiger partial charge in [0.15, 0.2) is 11.5 Å². The van der Waals surface area contributed by atoms with E-state index in [0.29, 0.717) is 17.0 Å². The molecule has 1 amide bonds. The Morgan fingerprint density at radius 1 is 0.946 bits per heavy atom. The summed E-state index contributed by atoms with van der Waals surface area (Å²) < 4.78 is 38.9. The number of amides is 1. The van der Waals surface area contributed by atoms with Crippen LogP contribution in [0.2, 0.25) is 0 Å². The summed E-state index contributed by atoms with van der Waals surface area (Å²) >= 11 is 0. The number of carboxylic acid groups (broad SMARTS) is 1. The number of aromatic carboxylic acids is 1. The van der Waals surface area contributed by atoms with E-state index < -0.39 is 28.4 Å². The fourth-order valence-electron chi connectivity index (χ4n) is 3.57. The molecule has 3 rings (SSSR count). The van der Waals surface area contributed by atoms with E-state index in [0.717, 1.165) is 15.4 Å². The van der Waals surface area contributed by atoms with Crippen LogP contribution in [0.4, 0.5) is 5.69 Å². The second-order valence-electron chi connectivity index (χ2n) is 8.09. The Hall–Kier alpha value is -4.38. The fraction of sp³-hybridized carbons (Fsp3) is 0.192. The molecule has 0 bridgehead atoms. The van der Waals surface area contributed by atoms with E-state index in [-0.39, 0.29) is 16.2 Å². The average molecular weight is 526 g/mol. The van der Waals surface area contributed by atoms with Crippen LogP contribution in [0, 0.1) is 13.8 Å². The van der Waals surface area contributed by atoms with Gasteiger partial charge >= 0.3 is 5.97 Å². The smallest absolute Gasteiger partial charge is 0.335 e.